The minimum absolute atomic E-state index is 0.0240. The number of fused-ring (bicyclic) bond motifs is 2. The third-order valence-corrected chi connectivity index (χ3v) is 4.11. The second-order valence-electron chi connectivity index (χ2n) is 5.88. The van der Waals surface area contributed by atoms with Crippen LogP contribution in [0.25, 0.3) is 16.7 Å². The summed E-state index contributed by atoms with van der Waals surface area (Å²) >= 11 is 4.64. The number of ether oxygens (including phenoxy) is 1. The van der Waals surface area contributed by atoms with Crippen molar-refractivity contribution in [1.82, 2.24) is 15.2 Å². The largest absolute Gasteiger partial charge is 0.483 e. The lowest BCUT2D eigenvalue weighted by atomic mass is 9.97. The summed E-state index contributed by atoms with van der Waals surface area (Å²) in [5.74, 6) is 0.772. The van der Waals surface area contributed by atoms with Gasteiger partial charge in [0.1, 0.15) is 22.4 Å². The van der Waals surface area contributed by atoms with Crippen molar-refractivity contribution in [2.75, 3.05) is 0 Å². The number of thiol groups is 1. The summed E-state index contributed by atoms with van der Waals surface area (Å²) < 4.78 is 10.9. The summed E-state index contributed by atoms with van der Waals surface area (Å²) in [4.78, 5) is 2.10. The highest BCUT2D eigenvalue weighted by Crippen LogP contribution is 2.41. The molecule has 0 aliphatic carbocycles. The molecule has 1 aromatic carbocycles. The maximum absolute atomic E-state index is 6.07. The molecule has 1 unspecified atom stereocenters. The normalized spacial score (nSPS) is 22.4. The average molecular weight is 313 g/mol. The van der Waals surface area contributed by atoms with E-state index in [4.69, 9.17) is 9.37 Å². The average Bonchev–Trinajstić information content (AvgIpc) is 2.91. The van der Waals surface area contributed by atoms with Gasteiger partial charge in [0.2, 0.25) is 0 Å². The first kappa shape index (κ1) is 13.5. The van der Waals surface area contributed by atoms with Gasteiger partial charge in [-0.1, -0.05) is 12.2 Å². The Morgan fingerprint density at radius 1 is 1.18 bits per heavy atom. The lowest BCUT2D eigenvalue weighted by Crippen LogP contribution is -2.34. The molecule has 6 heteroatoms. The van der Waals surface area contributed by atoms with E-state index in [9.17, 15) is 0 Å². The Morgan fingerprint density at radius 3 is 2.73 bits per heavy atom. The second kappa shape index (κ2) is 4.64. The van der Waals surface area contributed by atoms with E-state index in [1.165, 1.54) is 0 Å². The first-order valence-electron chi connectivity index (χ1n) is 7.03. The molecule has 22 heavy (non-hydrogen) atoms. The summed E-state index contributed by atoms with van der Waals surface area (Å²) in [6.45, 7) is 4.05. The predicted octanol–water partition coefficient (Wildman–Crippen LogP) is 3.38. The number of nitrogens with zero attached hydrogens (tertiary/aromatic N) is 3. The Bertz CT molecular complexity index is 835. The Kier molecular flexibility index (Phi) is 2.84. The molecule has 2 aliphatic heterocycles. The predicted molar refractivity (Wildman–Crippen MR) is 87.4 cm³/mol. The first-order chi connectivity index (χ1) is 10.5. The molecule has 4 rings (SSSR count). The Labute approximate surface area is 133 Å². The van der Waals surface area contributed by atoms with Crippen LogP contribution in [0.5, 0.6) is 5.75 Å². The zero-order valence-corrected chi connectivity index (χ0v) is 13.1. The fourth-order valence-corrected chi connectivity index (χ4v) is 3.04. The van der Waals surface area contributed by atoms with Crippen LogP contribution < -0.4 is 4.74 Å². The lowest BCUT2D eigenvalue weighted by molar-refractivity contribution is 0.156. The van der Waals surface area contributed by atoms with E-state index in [2.05, 4.69) is 33.9 Å². The Hall–Kier alpha value is -2.21. The summed E-state index contributed by atoms with van der Waals surface area (Å²) in [6, 6.07) is 3.81. The molecule has 0 radical (unpaired) electrons. The van der Waals surface area contributed by atoms with E-state index >= 15 is 0 Å². The molecule has 112 valence electrons. The molecular formula is C16H15N3O2S. The van der Waals surface area contributed by atoms with E-state index < -0.39 is 5.60 Å². The third kappa shape index (κ3) is 2.11. The number of benzene rings is 1. The lowest BCUT2D eigenvalue weighted by Gasteiger charge is -2.37. The van der Waals surface area contributed by atoms with Crippen molar-refractivity contribution in [3.8, 4) is 5.75 Å². The molecule has 2 aliphatic rings. The molecule has 0 saturated carbocycles. The minimum Gasteiger partial charge on any atom is -0.483 e. The zero-order chi connectivity index (χ0) is 15.3. The van der Waals surface area contributed by atoms with E-state index in [1.54, 1.807) is 0 Å². The van der Waals surface area contributed by atoms with Crippen LogP contribution >= 0.6 is 12.6 Å². The van der Waals surface area contributed by atoms with Crippen LogP contribution in [0.2, 0.25) is 0 Å². The molecular weight excluding hydrogens is 298 g/mol. The highest BCUT2D eigenvalue weighted by Gasteiger charge is 2.31. The van der Waals surface area contributed by atoms with E-state index in [-0.39, 0.29) is 5.37 Å². The monoisotopic (exact) mass is 313 g/mol. The molecule has 0 spiro atoms. The maximum atomic E-state index is 6.07. The molecule has 2 aromatic rings. The minimum atomic E-state index is -0.421. The van der Waals surface area contributed by atoms with Crippen molar-refractivity contribution >= 4 is 29.4 Å². The van der Waals surface area contributed by atoms with Gasteiger partial charge in [-0.15, -0.1) is 0 Å². The fourth-order valence-electron chi connectivity index (χ4n) is 2.74. The molecule has 1 atom stereocenters. The van der Waals surface area contributed by atoms with Gasteiger partial charge in [-0.25, -0.2) is 4.63 Å². The van der Waals surface area contributed by atoms with Crippen molar-refractivity contribution in [3.63, 3.8) is 0 Å². The van der Waals surface area contributed by atoms with Crippen molar-refractivity contribution < 1.29 is 9.37 Å². The van der Waals surface area contributed by atoms with Gasteiger partial charge in [-0.3, -0.25) is 0 Å². The van der Waals surface area contributed by atoms with Crippen LogP contribution in [0.15, 0.2) is 47.3 Å². The molecule has 0 saturated heterocycles. The third-order valence-electron chi connectivity index (χ3n) is 3.69. The number of hydrogen-bond acceptors (Lipinski definition) is 6. The summed E-state index contributed by atoms with van der Waals surface area (Å²) in [5, 5.41) is 7.79. The van der Waals surface area contributed by atoms with Crippen LogP contribution in [0.1, 0.15) is 19.4 Å². The second-order valence-corrected chi connectivity index (χ2v) is 6.41. The molecule has 5 nitrogen and oxygen atoms in total. The van der Waals surface area contributed by atoms with Crippen LogP contribution in [0.3, 0.4) is 0 Å². The molecule has 1 aromatic heterocycles. The van der Waals surface area contributed by atoms with Gasteiger partial charge in [-0.2, -0.15) is 12.6 Å². The highest BCUT2D eigenvalue weighted by atomic mass is 32.1. The van der Waals surface area contributed by atoms with E-state index in [0.29, 0.717) is 11.0 Å². The van der Waals surface area contributed by atoms with Crippen LogP contribution in [-0.4, -0.2) is 26.2 Å². The topological polar surface area (TPSA) is 51.4 Å². The first-order valence-corrected chi connectivity index (χ1v) is 7.55. The maximum Gasteiger partial charge on any atom is 0.138 e. The van der Waals surface area contributed by atoms with Gasteiger partial charge >= 0.3 is 0 Å². The van der Waals surface area contributed by atoms with Gasteiger partial charge in [0, 0.05) is 17.8 Å². The van der Waals surface area contributed by atoms with Crippen LogP contribution in [-0.2, 0) is 0 Å². The smallest absolute Gasteiger partial charge is 0.138 e. The number of rotatable bonds is 1. The Morgan fingerprint density at radius 2 is 1.95 bits per heavy atom. The number of hydrogen-bond donors (Lipinski definition) is 1. The van der Waals surface area contributed by atoms with Gasteiger partial charge in [-0.05, 0) is 42.4 Å². The molecule has 0 bridgehead atoms. The summed E-state index contributed by atoms with van der Waals surface area (Å²) in [5.41, 5.74) is 2.97. The molecule has 0 fully saturated rings. The number of allylic oxidation sites excluding steroid dienone is 2. The van der Waals surface area contributed by atoms with E-state index in [1.807, 2.05) is 50.4 Å². The van der Waals surface area contributed by atoms with Gasteiger partial charge in [0.25, 0.3) is 0 Å². The van der Waals surface area contributed by atoms with Crippen molar-refractivity contribution in [1.29, 1.82) is 0 Å². The Balaban J connectivity index is 1.91. The highest BCUT2D eigenvalue weighted by molar-refractivity contribution is 7.81. The van der Waals surface area contributed by atoms with Gasteiger partial charge in [0.15, 0.2) is 0 Å². The van der Waals surface area contributed by atoms with Crippen molar-refractivity contribution in [3.05, 3.63) is 48.2 Å². The van der Waals surface area contributed by atoms with Crippen molar-refractivity contribution in [2.24, 2.45) is 0 Å². The fraction of sp³-hybridized carbons (Fsp3) is 0.250. The standard InChI is InChI=1S/C16H15N3O2S/c1-16(2)9-13(19-6-4-3-5-15(19)22)10-7-11-12(18-21-17-11)8-14(10)20-16/h3-9,15,22H,1-2H3. The molecule has 0 amide bonds. The molecule has 3 heterocycles. The quantitative estimate of drug-likeness (QED) is 0.818. The van der Waals surface area contributed by atoms with Crippen LogP contribution in [0, 0.1) is 0 Å². The van der Waals surface area contributed by atoms with Gasteiger partial charge < -0.3 is 9.64 Å². The zero-order valence-electron chi connectivity index (χ0n) is 12.2. The van der Waals surface area contributed by atoms with E-state index in [0.717, 1.165) is 17.0 Å². The van der Waals surface area contributed by atoms with Gasteiger partial charge in [0.05, 0.1) is 11.1 Å². The van der Waals surface area contributed by atoms with Crippen LogP contribution in [0.4, 0.5) is 0 Å². The SMILES string of the molecule is CC1(C)C=C(N2C=CC=CC2S)c2cc3nonc3cc2O1. The molecule has 0 N–H and O–H groups in total. The summed E-state index contributed by atoms with van der Waals surface area (Å²) in [6.07, 6.45) is 10.1. The summed E-state index contributed by atoms with van der Waals surface area (Å²) in [7, 11) is 0. The van der Waals surface area contributed by atoms with Crippen molar-refractivity contribution in [2.45, 2.75) is 24.8 Å². The number of aromatic nitrogens is 2.